The number of carbonyl (C=O) groups is 2. The molecule has 3 aliphatic rings. The molecule has 2 amide bonds. The van der Waals surface area contributed by atoms with Crippen molar-refractivity contribution in [1.29, 1.82) is 0 Å². The highest BCUT2D eigenvalue weighted by atomic mass is 35.5. The Kier molecular flexibility index (Phi) is 6.51. The summed E-state index contributed by atoms with van der Waals surface area (Å²) >= 11 is 0. The summed E-state index contributed by atoms with van der Waals surface area (Å²) in [5, 5.41) is 3.45. The number of rotatable bonds is 6. The third kappa shape index (κ3) is 4.22. The number of nitrogens with zero attached hydrogens (tertiary/aromatic N) is 2. The molecule has 1 aromatic rings. The molecule has 1 aliphatic carbocycles. The molecule has 1 N–H and O–H groups in total. The average molecular weight is 456 g/mol. The van der Waals surface area contributed by atoms with Gasteiger partial charge in [0.25, 0.3) is 5.91 Å². The molecule has 3 atom stereocenters. The van der Waals surface area contributed by atoms with Gasteiger partial charge in [-0.3, -0.25) is 9.59 Å². The van der Waals surface area contributed by atoms with Crippen molar-refractivity contribution in [3.8, 4) is 0 Å². The molecule has 0 aromatic heterocycles. The van der Waals surface area contributed by atoms with Gasteiger partial charge >= 0.3 is 0 Å². The van der Waals surface area contributed by atoms with Crippen molar-refractivity contribution in [3.05, 3.63) is 35.4 Å². The minimum atomic E-state index is -3.66. The lowest BCUT2D eigenvalue weighted by Crippen LogP contribution is -2.44. The molecule has 7 nitrogen and oxygen atoms in total. The summed E-state index contributed by atoms with van der Waals surface area (Å²) in [5.74, 6) is -1.06. The molecule has 30 heavy (non-hydrogen) atoms. The Balaban J connectivity index is 0.00000256. The van der Waals surface area contributed by atoms with Crippen LogP contribution in [0.5, 0.6) is 0 Å². The van der Waals surface area contributed by atoms with Gasteiger partial charge in [0.1, 0.15) is 0 Å². The molecule has 166 valence electrons. The van der Waals surface area contributed by atoms with Crippen molar-refractivity contribution in [2.24, 2.45) is 11.8 Å². The average Bonchev–Trinajstić information content (AvgIpc) is 3.31. The van der Waals surface area contributed by atoms with Crippen LogP contribution in [0.15, 0.2) is 24.3 Å². The fraction of sp³-hybridized carbons (Fsp3) is 0.619. The SMILES string of the molecule is CC(C)[C@H]1C(=O)N(S(C)(=O)=O)[C@H]2CCN(C(=O)c3ccc(CNC4CC4)cc3)[C@H]12.Cl. The predicted molar refractivity (Wildman–Crippen MR) is 117 cm³/mol. The molecule has 0 bridgehead atoms. The zero-order valence-electron chi connectivity index (χ0n) is 17.6. The van der Waals surface area contributed by atoms with E-state index in [1.807, 2.05) is 38.1 Å². The summed E-state index contributed by atoms with van der Waals surface area (Å²) < 4.78 is 25.5. The molecular weight excluding hydrogens is 426 g/mol. The first-order valence-corrected chi connectivity index (χ1v) is 12.2. The number of hydrogen-bond acceptors (Lipinski definition) is 5. The first-order chi connectivity index (χ1) is 13.7. The number of amides is 2. The number of sulfonamides is 1. The summed E-state index contributed by atoms with van der Waals surface area (Å²) in [4.78, 5) is 27.8. The second-order valence-corrected chi connectivity index (χ2v) is 10.7. The Hall–Kier alpha value is -1.64. The normalized spacial score (nSPS) is 26.1. The van der Waals surface area contributed by atoms with E-state index in [-0.39, 0.29) is 30.1 Å². The van der Waals surface area contributed by atoms with Gasteiger partial charge in [-0.1, -0.05) is 26.0 Å². The van der Waals surface area contributed by atoms with Gasteiger partial charge < -0.3 is 10.2 Å². The van der Waals surface area contributed by atoms with Crippen molar-refractivity contribution in [1.82, 2.24) is 14.5 Å². The highest BCUT2D eigenvalue weighted by Crippen LogP contribution is 2.41. The van der Waals surface area contributed by atoms with E-state index in [1.54, 1.807) is 4.90 Å². The number of halogens is 1. The molecule has 2 heterocycles. The number of nitrogens with one attached hydrogen (secondary N) is 1. The van der Waals surface area contributed by atoms with Crippen LogP contribution in [0.1, 0.15) is 49.0 Å². The molecule has 9 heteroatoms. The van der Waals surface area contributed by atoms with E-state index < -0.39 is 28.0 Å². The fourth-order valence-corrected chi connectivity index (χ4v) is 5.92. The molecule has 1 aromatic carbocycles. The first-order valence-electron chi connectivity index (χ1n) is 10.3. The highest BCUT2D eigenvalue weighted by molar-refractivity contribution is 7.88. The largest absolute Gasteiger partial charge is 0.333 e. The standard InChI is InChI=1S/C21H29N3O4S.ClH/c1-13(2)18-19-17(24(21(18)26)29(3,27)28)10-11-23(19)20(25)15-6-4-14(5-7-15)12-22-16-8-9-16;/h4-7,13,16-19,22H,8-12H2,1-3H3;1H/t17-,18+,19-;/m0./s1. The van der Waals surface area contributed by atoms with Crippen LogP contribution in [0.25, 0.3) is 0 Å². The van der Waals surface area contributed by atoms with Crippen LogP contribution in [-0.2, 0) is 21.4 Å². The van der Waals surface area contributed by atoms with Gasteiger partial charge in [-0.05, 0) is 42.9 Å². The number of carbonyl (C=O) groups excluding carboxylic acids is 2. The fourth-order valence-electron chi connectivity index (χ4n) is 4.75. The van der Waals surface area contributed by atoms with Crippen molar-refractivity contribution in [2.75, 3.05) is 12.8 Å². The van der Waals surface area contributed by atoms with Crippen molar-refractivity contribution >= 4 is 34.2 Å². The maximum Gasteiger partial charge on any atom is 0.254 e. The highest BCUT2D eigenvalue weighted by Gasteiger charge is 2.58. The van der Waals surface area contributed by atoms with Crippen LogP contribution in [0.2, 0.25) is 0 Å². The van der Waals surface area contributed by atoms with E-state index in [2.05, 4.69) is 5.32 Å². The zero-order valence-corrected chi connectivity index (χ0v) is 19.2. The Labute approximate surface area is 184 Å². The second-order valence-electron chi connectivity index (χ2n) is 8.86. The van der Waals surface area contributed by atoms with Crippen molar-refractivity contribution in [3.63, 3.8) is 0 Å². The summed E-state index contributed by atoms with van der Waals surface area (Å²) in [6.45, 7) is 5.07. The zero-order chi connectivity index (χ0) is 20.9. The molecular formula is C21H30ClN3O4S. The molecule has 2 aliphatic heterocycles. The van der Waals surface area contributed by atoms with E-state index in [1.165, 1.54) is 12.8 Å². The third-order valence-electron chi connectivity index (χ3n) is 6.30. The topological polar surface area (TPSA) is 86.8 Å². The van der Waals surface area contributed by atoms with Gasteiger partial charge in [0.2, 0.25) is 15.9 Å². The lowest BCUT2D eigenvalue weighted by atomic mass is 9.88. The van der Waals surface area contributed by atoms with Crippen LogP contribution in [-0.4, -0.2) is 60.4 Å². The molecule has 0 unspecified atom stereocenters. The Morgan fingerprint density at radius 3 is 2.33 bits per heavy atom. The van der Waals surface area contributed by atoms with Crippen LogP contribution in [0.4, 0.5) is 0 Å². The number of hydrogen-bond donors (Lipinski definition) is 1. The van der Waals surface area contributed by atoms with E-state index in [0.29, 0.717) is 24.6 Å². The Morgan fingerprint density at radius 1 is 1.17 bits per heavy atom. The second kappa shape index (κ2) is 8.48. The van der Waals surface area contributed by atoms with Crippen molar-refractivity contribution in [2.45, 2.75) is 57.8 Å². The maximum atomic E-state index is 13.2. The molecule has 0 spiro atoms. The van der Waals surface area contributed by atoms with Crippen LogP contribution < -0.4 is 5.32 Å². The minimum Gasteiger partial charge on any atom is -0.333 e. The summed E-state index contributed by atoms with van der Waals surface area (Å²) in [6, 6.07) is 7.34. The lowest BCUT2D eigenvalue weighted by Gasteiger charge is -2.29. The van der Waals surface area contributed by atoms with Crippen LogP contribution in [0, 0.1) is 11.8 Å². The lowest BCUT2D eigenvalue weighted by molar-refractivity contribution is -0.129. The molecule has 0 radical (unpaired) electrons. The number of likely N-dealkylation sites (tertiary alicyclic amines) is 1. The third-order valence-corrected chi connectivity index (χ3v) is 7.47. The van der Waals surface area contributed by atoms with Gasteiger partial charge in [-0.2, -0.15) is 0 Å². The van der Waals surface area contributed by atoms with Gasteiger partial charge in [-0.25, -0.2) is 12.7 Å². The van der Waals surface area contributed by atoms with Gasteiger partial charge in [0.05, 0.1) is 24.3 Å². The predicted octanol–water partition coefficient (Wildman–Crippen LogP) is 2.02. The summed E-state index contributed by atoms with van der Waals surface area (Å²) in [5.41, 5.74) is 1.71. The van der Waals surface area contributed by atoms with Gasteiger partial charge in [0.15, 0.2) is 0 Å². The van der Waals surface area contributed by atoms with Crippen molar-refractivity contribution < 1.29 is 18.0 Å². The van der Waals surface area contributed by atoms with Gasteiger partial charge in [-0.15, -0.1) is 12.4 Å². The van der Waals surface area contributed by atoms with Crippen LogP contribution >= 0.6 is 12.4 Å². The monoisotopic (exact) mass is 455 g/mol. The first kappa shape index (κ1) is 23.0. The van der Waals surface area contributed by atoms with E-state index in [0.717, 1.165) is 22.7 Å². The van der Waals surface area contributed by atoms with E-state index in [4.69, 9.17) is 0 Å². The van der Waals surface area contributed by atoms with Gasteiger partial charge in [0, 0.05) is 24.7 Å². The quantitative estimate of drug-likeness (QED) is 0.709. The molecule has 1 saturated carbocycles. The smallest absolute Gasteiger partial charge is 0.254 e. The number of benzene rings is 1. The Bertz CT molecular complexity index is 915. The number of fused-ring (bicyclic) bond motifs is 1. The molecule has 4 rings (SSSR count). The maximum absolute atomic E-state index is 13.2. The Morgan fingerprint density at radius 2 is 1.80 bits per heavy atom. The molecule has 2 saturated heterocycles. The summed E-state index contributed by atoms with van der Waals surface area (Å²) in [6.07, 6.45) is 4.02. The van der Waals surface area contributed by atoms with Crippen LogP contribution in [0.3, 0.4) is 0 Å². The van der Waals surface area contributed by atoms with E-state index >= 15 is 0 Å². The minimum absolute atomic E-state index is 0. The molecule has 3 fully saturated rings. The summed E-state index contributed by atoms with van der Waals surface area (Å²) in [7, 11) is -3.66. The van der Waals surface area contributed by atoms with E-state index in [9.17, 15) is 18.0 Å².